The first-order valence-electron chi connectivity index (χ1n) is 11.0. The van der Waals surface area contributed by atoms with Gasteiger partial charge < -0.3 is 9.84 Å². The average molecular weight is 538 g/mol. The number of nitro groups is 1. The van der Waals surface area contributed by atoms with E-state index in [1.807, 2.05) is 6.92 Å². The van der Waals surface area contributed by atoms with Crippen molar-refractivity contribution in [1.82, 2.24) is 4.90 Å². The molecular weight excluding hydrogens is 518 g/mol. The largest absolute Gasteiger partial charge is 0.487 e. The predicted octanol–water partition coefficient (Wildman–Crippen LogP) is 6.15. The smallest absolute Gasteiger partial charge is 0.335 e. The van der Waals surface area contributed by atoms with Crippen LogP contribution in [0.15, 0.2) is 76.6 Å². The molecule has 1 N–H and O–H groups in total. The van der Waals surface area contributed by atoms with Crippen LogP contribution in [0, 0.1) is 10.1 Å². The molecular formula is C26H20ClN3O6S. The highest BCUT2D eigenvalue weighted by Gasteiger charge is 2.32. The Hall–Kier alpha value is -4.15. The number of amidine groups is 1. The van der Waals surface area contributed by atoms with Crippen molar-refractivity contribution in [1.29, 1.82) is 0 Å². The molecule has 0 saturated carbocycles. The van der Waals surface area contributed by atoms with E-state index in [2.05, 4.69) is 4.99 Å². The molecule has 0 aliphatic carbocycles. The first kappa shape index (κ1) is 25.9. The second-order valence-electron chi connectivity index (χ2n) is 7.81. The quantitative estimate of drug-likeness (QED) is 0.208. The number of halogens is 1. The molecule has 0 bridgehead atoms. The van der Waals surface area contributed by atoms with Crippen LogP contribution in [-0.2, 0) is 11.4 Å². The van der Waals surface area contributed by atoms with Gasteiger partial charge >= 0.3 is 5.97 Å². The number of thioether (sulfide) groups is 1. The van der Waals surface area contributed by atoms with Crippen molar-refractivity contribution < 1.29 is 24.4 Å². The van der Waals surface area contributed by atoms with Gasteiger partial charge in [0.2, 0.25) is 0 Å². The topological polar surface area (TPSA) is 122 Å². The first-order chi connectivity index (χ1) is 17.7. The Kier molecular flexibility index (Phi) is 7.90. The van der Waals surface area contributed by atoms with Gasteiger partial charge in [0.05, 0.1) is 26.1 Å². The minimum atomic E-state index is -1.02. The average Bonchev–Trinajstić information content (AvgIpc) is 3.17. The Balaban J connectivity index is 1.49. The third-order valence-corrected chi connectivity index (χ3v) is 6.61. The Morgan fingerprint density at radius 2 is 1.95 bits per heavy atom. The van der Waals surface area contributed by atoms with E-state index >= 15 is 0 Å². The van der Waals surface area contributed by atoms with Crippen molar-refractivity contribution in [2.75, 3.05) is 6.54 Å². The maximum Gasteiger partial charge on any atom is 0.335 e. The summed E-state index contributed by atoms with van der Waals surface area (Å²) < 4.78 is 5.73. The Morgan fingerprint density at radius 3 is 2.59 bits per heavy atom. The highest BCUT2D eigenvalue weighted by atomic mass is 35.5. The number of aromatic carboxylic acids is 1. The van der Waals surface area contributed by atoms with Crippen molar-refractivity contribution in [3.63, 3.8) is 0 Å². The fraction of sp³-hybridized carbons (Fsp3) is 0.115. The van der Waals surface area contributed by atoms with Gasteiger partial charge in [-0.3, -0.25) is 19.8 Å². The van der Waals surface area contributed by atoms with E-state index in [0.29, 0.717) is 44.2 Å². The second-order valence-corrected chi connectivity index (χ2v) is 9.23. The number of ether oxygens (including phenoxy) is 1. The fourth-order valence-corrected chi connectivity index (χ4v) is 4.76. The molecule has 3 aromatic rings. The van der Waals surface area contributed by atoms with Crippen LogP contribution in [0.4, 0.5) is 11.4 Å². The van der Waals surface area contributed by atoms with E-state index in [9.17, 15) is 19.7 Å². The Labute approximate surface area is 221 Å². The van der Waals surface area contributed by atoms with Gasteiger partial charge in [-0.25, -0.2) is 9.79 Å². The monoisotopic (exact) mass is 537 g/mol. The summed E-state index contributed by atoms with van der Waals surface area (Å²) in [6, 6.07) is 17.3. The van der Waals surface area contributed by atoms with Crippen LogP contribution in [-0.4, -0.2) is 38.5 Å². The Morgan fingerprint density at radius 1 is 1.19 bits per heavy atom. The molecule has 11 heteroatoms. The standard InChI is InChI=1S/C26H20ClN3O6S/c1-2-29-24(31)23(37-26(29)28-19-9-7-18(8-10-19)25(32)33)14-16-6-11-22(21(27)13-16)36-15-17-4-3-5-20(12-17)30(34)35/h3-14H,2,15H2,1H3,(H,32,33). The number of carboxylic acid groups (broad SMARTS) is 1. The van der Waals surface area contributed by atoms with Crippen LogP contribution in [0.5, 0.6) is 5.75 Å². The number of benzene rings is 3. The third-order valence-electron chi connectivity index (χ3n) is 5.31. The molecule has 1 fully saturated rings. The minimum absolute atomic E-state index is 0.0193. The SMILES string of the molecule is CCN1C(=O)C(=Cc2ccc(OCc3cccc([N+](=O)[O-])c3)c(Cl)c2)SC1=Nc1ccc(C(=O)O)cc1. The van der Waals surface area contributed by atoms with Crippen molar-refractivity contribution in [2.45, 2.75) is 13.5 Å². The summed E-state index contributed by atoms with van der Waals surface area (Å²) in [4.78, 5) is 41.0. The van der Waals surface area contributed by atoms with Gasteiger partial charge in [-0.2, -0.15) is 0 Å². The van der Waals surface area contributed by atoms with Crippen molar-refractivity contribution in [3.05, 3.63) is 103 Å². The molecule has 4 rings (SSSR count). The maximum absolute atomic E-state index is 12.9. The van der Waals surface area contributed by atoms with Crippen LogP contribution < -0.4 is 4.74 Å². The van der Waals surface area contributed by atoms with Gasteiger partial charge in [0, 0.05) is 18.7 Å². The lowest BCUT2D eigenvalue weighted by Crippen LogP contribution is -2.28. The van der Waals surface area contributed by atoms with Gasteiger partial charge in [0.25, 0.3) is 11.6 Å². The van der Waals surface area contributed by atoms with E-state index in [0.717, 1.165) is 0 Å². The van der Waals surface area contributed by atoms with E-state index in [1.54, 1.807) is 53.4 Å². The summed E-state index contributed by atoms with van der Waals surface area (Å²) in [5, 5.41) is 20.8. The molecule has 1 aliphatic heterocycles. The predicted molar refractivity (Wildman–Crippen MR) is 142 cm³/mol. The number of nitrogens with zero attached hydrogens (tertiary/aromatic N) is 3. The zero-order valence-corrected chi connectivity index (χ0v) is 21.0. The number of likely N-dealkylation sites (N-methyl/N-ethyl adjacent to an activating group) is 1. The van der Waals surface area contributed by atoms with Crippen LogP contribution in [0.3, 0.4) is 0 Å². The number of hydrogen-bond acceptors (Lipinski definition) is 7. The molecule has 188 valence electrons. The number of amides is 1. The van der Waals surface area contributed by atoms with Crippen LogP contribution >= 0.6 is 23.4 Å². The molecule has 0 unspecified atom stereocenters. The number of rotatable bonds is 8. The molecule has 0 aromatic heterocycles. The number of non-ortho nitro benzene ring substituents is 1. The van der Waals surface area contributed by atoms with E-state index < -0.39 is 10.9 Å². The minimum Gasteiger partial charge on any atom is -0.487 e. The number of carbonyl (C=O) groups excluding carboxylic acids is 1. The first-order valence-corrected chi connectivity index (χ1v) is 12.2. The van der Waals surface area contributed by atoms with Crippen LogP contribution in [0.1, 0.15) is 28.4 Å². The fourth-order valence-electron chi connectivity index (χ4n) is 3.46. The molecule has 9 nitrogen and oxygen atoms in total. The summed E-state index contributed by atoms with van der Waals surface area (Å²) in [7, 11) is 0. The summed E-state index contributed by atoms with van der Waals surface area (Å²) in [6.07, 6.45) is 1.71. The number of aliphatic imine (C=N–C) groups is 1. The zero-order chi connectivity index (χ0) is 26.5. The molecule has 1 aliphatic rings. The Bertz CT molecular complexity index is 1440. The highest BCUT2D eigenvalue weighted by Crippen LogP contribution is 2.35. The molecule has 1 heterocycles. The number of hydrogen-bond donors (Lipinski definition) is 1. The highest BCUT2D eigenvalue weighted by molar-refractivity contribution is 8.18. The summed E-state index contributed by atoms with van der Waals surface area (Å²) in [5.74, 6) is -0.817. The summed E-state index contributed by atoms with van der Waals surface area (Å²) in [6.45, 7) is 2.37. The zero-order valence-electron chi connectivity index (χ0n) is 19.5. The van der Waals surface area contributed by atoms with Crippen molar-refractivity contribution in [2.24, 2.45) is 4.99 Å². The van der Waals surface area contributed by atoms with Crippen LogP contribution in [0.2, 0.25) is 5.02 Å². The third kappa shape index (κ3) is 6.16. The summed E-state index contributed by atoms with van der Waals surface area (Å²) in [5.41, 5.74) is 1.99. The van der Waals surface area contributed by atoms with E-state index in [4.69, 9.17) is 21.4 Å². The molecule has 1 saturated heterocycles. The molecule has 0 radical (unpaired) electrons. The van der Waals surface area contributed by atoms with Crippen molar-refractivity contribution in [3.8, 4) is 5.75 Å². The van der Waals surface area contributed by atoms with Gasteiger partial charge in [0.15, 0.2) is 5.17 Å². The van der Waals surface area contributed by atoms with Gasteiger partial charge in [-0.15, -0.1) is 0 Å². The lowest BCUT2D eigenvalue weighted by molar-refractivity contribution is -0.384. The van der Waals surface area contributed by atoms with Gasteiger partial charge in [-0.05, 0) is 72.3 Å². The normalized spacial score (nSPS) is 15.4. The van der Waals surface area contributed by atoms with Crippen molar-refractivity contribution >= 4 is 57.9 Å². The van der Waals surface area contributed by atoms with Crippen LogP contribution in [0.25, 0.3) is 6.08 Å². The molecule has 0 spiro atoms. The molecule has 3 aromatic carbocycles. The van der Waals surface area contributed by atoms with Gasteiger partial charge in [0.1, 0.15) is 12.4 Å². The molecule has 0 atom stereocenters. The lowest BCUT2D eigenvalue weighted by Gasteiger charge is -2.12. The number of nitro benzene ring substituents is 1. The van der Waals surface area contributed by atoms with Gasteiger partial charge in [-0.1, -0.05) is 29.8 Å². The van der Waals surface area contributed by atoms with E-state index in [1.165, 1.54) is 36.0 Å². The molecule has 37 heavy (non-hydrogen) atoms. The maximum atomic E-state index is 12.9. The molecule has 1 amide bonds. The second kappa shape index (κ2) is 11.3. The van der Waals surface area contributed by atoms with E-state index in [-0.39, 0.29) is 23.8 Å². The number of carboxylic acids is 1. The summed E-state index contributed by atoms with van der Waals surface area (Å²) >= 11 is 7.61. The number of carbonyl (C=O) groups is 2. The lowest BCUT2D eigenvalue weighted by atomic mass is 10.2.